The Bertz CT molecular complexity index is 416. The third-order valence-corrected chi connectivity index (χ3v) is 4.04. The molecule has 0 aromatic heterocycles. The average molecular weight is 314 g/mol. The van der Waals surface area contributed by atoms with Gasteiger partial charge in [-0.25, -0.2) is 0 Å². The smallest absolute Gasteiger partial charge is 0.130 e. The maximum Gasteiger partial charge on any atom is 0.130 e. The topological polar surface area (TPSA) is 17.1 Å². The monoisotopic (exact) mass is 312 g/mol. The Morgan fingerprint density at radius 2 is 1.65 bits per heavy atom. The first-order valence-corrected chi connectivity index (χ1v) is 6.65. The van der Waals surface area contributed by atoms with Crippen LogP contribution in [0.25, 0.3) is 0 Å². The molecule has 1 rings (SSSR count). The molecule has 17 heavy (non-hydrogen) atoms. The summed E-state index contributed by atoms with van der Waals surface area (Å²) < 4.78 is 0. The summed E-state index contributed by atoms with van der Waals surface area (Å²) >= 11 is 24.1. The molecule has 1 nitrogen and oxygen atoms in total. The Morgan fingerprint density at radius 1 is 1.18 bits per heavy atom. The molecule has 94 valence electrons. The molecule has 0 heterocycles. The molecule has 0 radical (unpaired) electrons. The van der Waals surface area contributed by atoms with Crippen molar-refractivity contribution in [2.24, 2.45) is 5.92 Å². The zero-order valence-electron chi connectivity index (χ0n) is 9.49. The summed E-state index contributed by atoms with van der Waals surface area (Å²) in [4.78, 5) is 11.0. The van der Waals surface area contributed by atoms with E-state index >= 15 is 0 Å². The highest BCUT2D eigenvalue weighted by Crippen LogP contribution is 2.38. The molecule has 0 aliphatic heterocycles. The lowest BCUT2D eigenvalue weighted by Crippen LogP contribution is -2.06. The molecule has 0 saturated carbocycles. The second kappa shape index (κ2) is 6.29. The largest absolute Gasteiger partial charge is 0.300 e. The van der Waals surface area contributed by atoms with Gasteiger partial charge in [0.25, 0.3) is 0 Å². The van der Waals surface area contributed by atoms with Gasteiger partial charge >= 0.3 is 0 Å². The molecule has 1 unspecified atom stereocenters. The zero-order chi connectivity index (χ0) is 13.2. The Kier molecular flexibility index (Phi) is 5.59. The summed E-state index contributed by atoms with van der Waals surface area (Å²) in [6.45, 7) is 3.52. The van der Waals surface area contributed by atoms with Crippen LogP contribution in [-0.4, -0.2) is 5.78 Å². The number of hydrogen-bond acceptors (Lipinski definition) is 1. The lowest BCUT2D eigenvalue weighted by atomic mass is 9.96. The van der Waals surface area contributed by atoms with Gasteiger partial charge in [0.2, 0.25) is 0 Å². The fourth-order valence-corrected chi connectivity index (χ4v) is 2.72. The predicted octanol–water partition coefficient (Wildman–Crippen LogP) is 5.46. The molecule has 1 aromatic carbocycles. The molecule has 0 amide bonds. The number of hydrogen-bond donors (Lipinski definition) is 0. The van der Waals surface area contributed by atoms with Gasteiger partial charge in [0.05, 0.1) is 20.1 Å². The number of ketones is 1. The van der Waals surface area contributed by atoms with E-state index in [9.17, 15) is 4.79 Å². The van der Waals surface area contributed by atoms with Gasteiger partial charge in [-0.1, -0.05) is 53.3 Å². The summed E-state index contributed by atoms with van der Waals surface area (Å²) in [7, 11) is 0. The number of benzene rings is 1. The number of carbonyl (C=O) groups is 1. The number of rotatable bonds is 4. The Labute approximate surface area is 121 Å². The maximum absolute atomic E-state index is 11.0. The minimum atomic E-state index is 0.137. The van der Waals surface area contributed by atoms with E-state index in [0.29, 0.717) is 38.5 Å². The van der Waals surface area contributed by atoms with Gasteiger partial charge in [0.15, 0.2) is 0 Å². The van der Waals surface area contributed by atoms with Crippen molar-refractivity contribution in [3.63, 3.8) is 0 Å². The molecule has 1 aromatic rings. The van der Waals surface area contributed by atoms with Crippen molar-refractivity contribution in [3.8, 4) is 0 Å². The molecular formula is C12H12Cl4O. The summed E-state index contributed by atoms with van der Waals surface area (Å²) in [6.07, 6.45) is 1.06. The molecule has 0 spiro atoms. The number of halogens is 4. The third kappa shape index (κ3) is 4.03. The van der Waals surface area contributed by atoms with E-state index in [1.54, 1.807) is 6.92 Å². The zero-order valence-corrected chi connectivity index (χ0v) is 12.5. The SMILES string of the molecule is CC(=O)CC(C)Cc1c(Cl)c(Cl)cc(Cl)c1Cl. The Hall–Kier alpha value is 0.0500. The molecule has 0 aliphatic carbocycles. The van der Waals surface area contributed by atoms with Crippen LogP contribution in [0.1, 0.15) is 25.8 Å². The first-order chi connectivity index (χ1) is 7.82. The standard InChI is InChI=1S/C12H12Cl4O/c1-6(3-7(2)17)4-8-11(15)9(13)5-10(14)12(8)16/h5-6H,3-4H2,1-2H3. The first kappa shape index (κ1) is 15.1. The van der Waals surface area contributed by atoms with E-state index in [1.165, 1.54) is 6.07 Å². The van der Waals surface area contributed by atoms with Crippen LogP contribution >= 0.6 is 46.4 Å². The lowest BCUT2D eigenvalue weighted by Gasteiger charge is -2.14. The predicted molar refractivity (Wildman–Crippen MR) is 74.6 cm³/mol. The summed E-state index contributed by atoms with van der Waals surface area (Å²) in [6, 6.07) is 1.52. The Balaban J connectivity index is 3.01. The van der Waals surface area contributed by atoms with E-state index in [0.717, 1.165) is 0 Å². The van der Waals surface area contributed by atoms with Crippen molar-refractivity contribution in [1.82, 2.24) is 0 Å². The van der Waals surface area contributed by atoms with Gasteiger partial charge in [0, 0.05) is 6.42 Å². The Morgan fingerprint density at radius 3 is 2.06 bits per heavy atom. The van der Waals surface area contributed by atoms with Gasteiger partial charge < -0.3 is 4.79 Å². The number of Topliss-reactive ketones (excluding diaryl/α,β-unsaturated/α-hetero) is 1. The third-order valence-electron chi connectivity index (χ3n) is 2.39. The van der Waals surface area contributed by atoms with E-state index in [1.807, 2.05) is 6.92 Å². The van der Waals surface area contributed by atoms with Crippen molar-refractivity contribution in [2.75, 3.05) is 0 Å². The van der Waals surface area contributed by atoms with E-state index < -0.39 is 0 Å². The van der Waals surface area contributed by atoms with E-state index in [2.05, 4.69) is 0 Å². The average Bonchev–Trinajstić information content (AvgIpc) is 2.20. The fraction of sp³-hybridized carbons (Fsp3) is 0.417. The second-order valence-electron chi connectivity index (χ2n) is 4.16. The van der Waals surface area contributed by atoms with E-state index in [4.69, 9.17) is 46.4 Å². The highest BCUT2D eigenvalue weighted by molar-refractivity contribution is 6.48. The van der Waals surface area contributed by atoms with E-state index in [-0.39, 0.29) is 11.7 Å². The van der Waals surface area contributed by atoms with Crippen molar-refractivity contribution >= 4 is 52.2 Å². The lowest BCUT2D eigenvalue weighted by molar-refractivity contribution is -0.117. The van der Waals surface area contributed by atoms with Gasteiger partial charge in [-0.3, -0.25) is 0 Å². The molecule has 1 atom stereocenters. The second-order valence-corrected chi connectivity index (χ2v) is 5.73. The highest BCUT2D eigenvalue weighted by atomic mass is 35.5. The van der Waals surface area contributed by atoms with Crippen molar-refractivity contribution in [1.29, 1.82) is 0 Å². The summed E-state index contributed by atoms with van der Waals surface area (Å²) in [5, 5.41) is 1.59. The van der Waals surface area contributed by atoms with Crippen LogP contribution in [0, 0.1) is 5.92 Å². The fourth-order valence-electron chi connectivity index (χ4n) is 1.71. The van der Waals surface area contributed by atoms with Gasteiger partial charge in [-0.05, 0) is 30.9 Å². The maximum atomic E-state index is 11.0. The molecule has 0 aliphatic rings. The van der Waals surface area contributed by atoms with Crippen LogP contribution in [-0.2, 0) is 11.2 Å². The summed E-state index contributed by atoms with van der Waals surface area (Å²) in [5.74, 6) is 0.287. The minimum Gasteiger partial charge on any atom is -0.300 e. The minimum absolute atomic E-state index is 0.137. The first-order valence-electron chi connectivity index (χ1n) is 5.14. The van der Waals surface area contributed by atoms with Crippen LogP contribution in [0.3, 0.4) is 0 Å². The van der Waals surface area contributed by atoms with Crippen LogP contribution in [0.15, 0.2) is 6.07 Å². The van der Waals surface area contributed by atoms with Crippen LogP contribution in [0.4, 0.5) is 0 Å². The van der Waals surface area contributed by atoms with Gasteiger partial charge in [0.1, 0.15) is 5.78 Å². The van der Waals surface area contributed by atoms with Crippen LogP contribution in [0.5, 0.6) is 0 Å². The molecule has 0 saturated heterocycles. The van der Waals surface area contributed by atoms with Crippen molar-refractivity contribution < 1.29 is 4.79 Å². The van der Waals surface area contributed by atoms with Crippen molar-refractivity contribution in [2.45, 2.75) is 26.7 Å². The van der Waals surface area contributed by atoms with Crippen molar-refractivity contribution in [3.05, 3.63) is 31.7 Å². The molecule has 0 bridgehead atoms. The highest BCUT2D eigenvalue weighted by Gasteiger charge is 2.17. The van der Waals surface area contributed by atoms with Gasteiger partial charge in [-0.2, -0.15) is 0 Å². The number of carbonyl (C=O) groups excluding carboxylic acids is 1. The quantitative estimate of drug-likeness (QED) is 0.675. The van der Waals surface area contributed by atoms with Crippen LogP contribution < -0.4 is 0 Å². The molecule has 5 heteroatoms. The molecular weight excluding hydrogens is 302 g/mol. The molecule has 0 fully saturated rings. The molecule has 0 N–H and O–H groups in total. The normalized spacial score (nSPS) is 12.6. The van der Waals surface area contributed by atoms with Gasteiger partial charge in [-0.15, -0.1) is 0 Å². The van der Waals surface area contributed by atoms with Crippen LogP contribution in [0.2, 0.25) is 20.1 Å². The summed E-state index contributed by atoms with van der Waals surface area (Å²) in [5.41, 5.74) is 0.708.